The van der Waals surface area contributed by atoms with Gasteiger partial charge in [0.1, 0.15) is 0 Å². The number of rotatable bonds is 2. The van der Waals surface area contributed by atoms with Crippen LogP contribution < -0.4 is 0 Å². The van der Waals surface area contributed by atoms with Crippen molar-refractivity contribution in [3.8, 4) is 22.4 Å². The van der Waals surface area contributed by atoms with Crippen LogP contribution in [0.5, 0.6) is 0 Å². The molecular formula is C27H26IrN-. The first kappa shape index (κ1) is 19.2. The van der Waals surface area contributed by atoms with Crippen LogP contribution in [0.3, 0.4) is 0 Å². The molecule has 29 heavy (non-hydrogen) atoms. The molecule has 0 N–H and O–H groups in total. The van der Waals surface area contributed by atoms with E-state index in [0.717, 1.165) is 11.6 Å². The molecule has 2 fully saturated rings. The van der Waals surface area contributed by atoms with Gasteiger partial charge in [-0.15, -0.1) is 29.3 Å². The van der Waals surface area contributed by atoms with Gasteiger partial charge in [-0.1, -0.05) is 49.7 Å². The first-order valence-electron chi connectivity index (χ1n) is 10.7. The Hall–Kier alpha value is -1.76. The molecule has 149 valence electrons. The summed E-state index contributed by atoms with van der Waals surface area (Å²) in [5.74, 6) is 0.958. The maximum absolute atomic E-state index is 4.66. The standard InChI is InChI=1S/C27H26N.Ir/c1-26(2)24-19(7-5-9-21(24)23-11-3-4-16-28-23)20-8-6-10-22(25(20)26)27-14-12-18(17-27)13-15-27;/h3-8,10-11,16,18H,12-15,17H2,1-2H3;/q-1;. The fourth-order valence-electron chi connectivity index (χ4n) is 6.67. The van der Waals surface area contributed by atoms with Crippen LogP contribution >= 0.6 is 0 Å². The zero-order valence-electron chi connectivity index (χ0n) is 17.1. The molecule has 1 heterocycles. The van der Waals surface area contributed by atoms with E-state index in [0.29, 0.717) is 5.41 Å². The van der Waals surface area contributed by atoms with E-state index in [1.165, 1.54) is 54.4 Å². The third kappa shape index (κ3) is 2.58. The Bertz CT molecular complexity index is 1070. The summed E-state index contributed by atoms with van der Waals surface area (Å²) in [7, 11) is 0. The van der Waals surface area contributed by atoms with Crippen molar-refractivity contribution >= 4 is 0 Å². The van der Waals surface area contributed by atoms with E-state index in [1.54, 1.807) is 11.1 Å². The molecule has 0 amide bonds. The first-order chi connectivity index (χ1) is 13.6. The van der Waals surface area contributed by atoms with Crippen LogP contribution in [0, 0.1) is 12.0 Å². The molecule has 0 spiro atoms. The van der Waals surface area contributed by atoms with Crippen molar-refractivity contribution in [2.45, 2.75) is 56.8 Å². The third-order valence-electron chi connectivity index (χ3n) is 7.84. The van der Waals surface area contributed by atoms with Crippen molar-refractivity contribution in [2.75, 3.05) is 0 Å². The zero-order chi connectivity index (χ0) is 18.9. The van der Waals surface area contributed by atoms with E-state index in [-0.39, 0.29) is 25.5 Å². The van der Waals surface area contributed by atoms with Gasteiger partial charge in [-0.05, 0) is 77.3 Å². The van der Waals surface area contributed by atoms with Crippen LogP contribution in [0.1, 0.15) is 62.6 Å². The number of pyridine rings is 1. The molecule has 1 radical (unpaired) electrons. The van der Waals surface area contributed by atoms with Gasteiger partial charge in [0, 0.05) is 26.3 Å². The summed E-state index contributed by atoms with van der Waals surface area (Å²) in [6, 6.07) is 21.2. The first-order valence-corrected chi connectivity index (χ1v) is 10.7. The summed E-state index contributed by atoms with van der Waals surface area (Å²) in [6.07, 6.45) is 8.88. The largest absolute Gasteiger partial charge is 0.305 e. The molecule has 3 aromatic rings. The van der Waals surface area contributed by atoms with Gasteiger partial charge in [0.25, 0.3) is 0 Å². The molecule has 2 saturated carbocycles. The van der Waals surface area contributed by atoms with Gasteiger partial charge in [0.05, 0.1) is 0 Å². The van der Waals surface area contributed by atoms with Crippen molar-refractivity contribution in [1.82, 2.24) is 4.98 Å². The maximum Gasteiger partial charge on any atom is 0.0160 e. The van der Waals surface area contributed by atoms with E-state index in [4.69, 9.17) is 0 Å². The number of hydrogen-bond donors (Lipinski definition) is 0. The van der Waals surface area contributed by atoms with Gasteiger partial charge < -0.3 is 4.98 Å². The number of nitrogens with zero attached hydrogens (tertiary/aromatic N) is 1. The summed E-state index contributed by atoms with van der Waals surface area (Å²) in [6.45, 7) is 4.83. The van der Waals surface area contributed by atoms with Gasteiger partial charge >= 0.3 is 0 Å². The van der Waals surface area contributed by atoms with Crippen molar-refractivity contribution in [3.63, 3.8) is 0 Å². The molecule has 6 rings (SSSR count). The fraction of sp³-hybridized carbons (Fsp3) is 0.370. The Morgan fingerprint density at radius 3 is 2.41 bits per heavy atom. The van der Waals surface area contributed by atoms with Crippen molar-refractivity contribution in [3.05, 3.63) is 77.5 Å². The van der Waals surface area contributed by atoms with E-state index >= 15 is 0 Å². The molecule has 2 aromatic carbocycles. The van der Waals surface area contributed by atoms with Crippen LogP contribution in [0.25, 0.3) is 22.4 Å². The topological polar surface area (TPSA) is 12.9 Å². The van der Waals surface area contributed by atoms with Crippen molar-refractivity contribution in [1.29, 1.82) is 0 Å². The number of aromatic nitrogens is 1. The minimum atomic E-state index is -0.0265. The number of hydrogen-bond acceptors (Lipinski definition) is 1. The molecule has 2 heteroatoms. The van der Waals surface area contributed by atoms with Crippen LogP contribution in [-0.2, 0) is 30.9 Å². The average Bonchev–Trinajstić information content (AvgIpc) is 3.41. The second-order valence-corrected chi connectivity index (χ2v) is 9.64. The summed E-state index contributed by atoms with van der Waals surface area (Å²) >= 11 is 0. The molecular weight excluding hydrogens is 531 g/mol. The average molecular weight is 557 g/mol. The van der Waals surface area contributed by atoms with Crippen molar-refractivity contribution < 1.29 is 20.1 Å². The van der Waals surface area contributed by atoms with Gasteiger partial charge in [-0.25, -0.2) is 0 Å². The molecule has 3 aliphatic rings. The SMILES string of the molecule is CC1(C)c2c(-c3ccccn3)[c-]ccc2-c2cccc(C34CCC(CC3)C4)c21.[Ir]. The van der Waals surface area contributed by atoms with E-state index < -0.39 is 0 Å². The molecule has 0 saturated heterocycles. The summed E-state index contributed by atoms with van der Waals surface area (Å²) in [5, 5.41) is 0. The summed E-state index contributed by atoms with van der Waals surface area (Å²) in [5.41, 5.74) is 10.0. The van der Waals surface area contributed by atoms with Crippen molar-refractivity contribution in [2.24, 2.45) is 5.92 Å². The normalized spacial score (nSPS) is 25.4. The van der Waals surface area contributed by atoms with Crippen LogP contribution in [-0.4, -0.2) is 4.98 Å². The molecule has 0 atom stereocenters. The number of fused-ring (bicyclic) bond motifs is 5. The predicted molar refractivity (Wildman–Crippen MR) is 114 cm³/mol. The molecule has 3 aliphatic carbocycles. The maximum atomic E-state index is 4.66. The number of benzene rings is 2. The minimum absolute atomic E-state index is 0. The van der Waals surface area contributed by atoms with Gasteiger partial charge in [0.2, 0.25) is 0 Å². The van der Waals surface area contributed by atoms with Gasteiger partial charge in [-0.3, -0.25) is 0 Å². The molecule has 1 aromatic heterocycles. The van der Waals surface area contributed by atoms with E-state index in [1.807, 2.05) is 12.3 Å². The zero-order valence-corrected chi connectivity index (χ0v) is 19.5. The minimum Gasteiger partial charge on any atom is -0.305 e. The smallest absolute Gasteiger partial charge is 0.0160 e. The predicted octanol–water partition coefficient (Wildman–Crippen LogP) is 6.68. The fourth-order valence-corrected chi connectivity index (χ4v) is 6.67. The Kier molecular flexibility index (Phi) is 4.39. The molecule has 1 nitrogen and oxygen atoms in total. The molecule has 0 unspecified atom stereocenters. The van der Waals surface area contributed by atoms with Crippen LogP contribution in [0.2, 0.25) is 0 Å². The van der Waals surface area contributed by atoms with Crippen LogP contribution in [0.15, 0.2) is 54.7 Å². The quantitative estimate of drug-likeness (QED) is 0.321. The van der Waals surface area contributed by atoms with Gasteiger partial charge in [0.15, 0.2) is 0 Å². The third-order valence-corrected chi connectivity index (χ3v) is 7.84. The molecule has 0 aliphatic heterocycles. The Morgan fingerprint density at radius 2 is 1.72 bits per heavy atom. The second-order valence-electron chi connectivity index (χ2n) is 9.64. The Labute approximate surface area is 187 Å². The molecule has 2 bridgehead atoms. The Balaban J connectivity index is 0.00000181. The van der Waals surface area contributed by atoms with Crippen LogP contribution in [0.4, 0.5) is 0 Å². The second kappa shape index (κ2) is 6.62. The monoisotopic (exact) mass is 557 g/mol. The van der Waals surface area contributed by atoms with E-state index in [9.17, 15) is 0 Å². The summed E-state index contributed by atoms with van der Waals surface area (Å²) in [4.78, 5) is 4.66. The summed E-state index contributed by atoms with van der Waals surface area (Å²) < 4.78 is 0. The van der Waals surface area contributed by atoms with Gasteiger partial charge in [-0.2, -0.15) is 0 Å². The van der Waals surface area contributed by atoms with E-state index in [2.05, 4.69) is 67.4 Å². The Morgan fingerprint density at radius 1 is 0.931 bits per heavy atom.